The average molecular weight is 453 g/mol. The van der Waals surface area contributed by atoms with E-state index in [4.69, 9.17) is 14.5 Å². The van der Waals surface area contributed by atoms with Gasteiger partial charge in [-0.1, -0.05) is 20.8 Å². The third kappa shape index (κ3) is 2.95. The molecule has 0 saturated carbocycles. The van der Waals surface area contributed by atoms with Crippen LogP contribution in [0.1, 0.15) is 61.3 Å². The van der Waals surface area contributed by atoms with E-state index in [2.05, 4.69) is 13.0 Å². The minimum Gasteiger partial charge on any atom is -0.350 e. The number of pyridine rings is 2. The van der Waals surface area contributed by atoms with Crippen molar-refractivity contribution in [3.05, 3.63) is 62.4 Å². The van der Waals surface area contributed by atoms with E-state index in [-0.39, 0.29) is 29.6 Å². The molecular weight excluding hydrogens is 426 g/mol. The van der Waals surface area contributed by atoms with Crippen LogP contribution in [0.2, 0.25) is 0 Å². The zero-order valence-electron chi connectivity index (χ0n) is 19.0. The van der Waals surface area contributed by atoms with E-state index in [9.17, 15) is 13.6 Å². The van der Waals surface area contributed by atoms with Crippen molar-refractivity contribution in [2.75, 3.05) is 13.2 Å². The van der Waals surface area contributed by atoms with Gasteiger partial charge in [0.25, 0.3) is 5.56 Å². The number of benzene rings is 1. The lowest BCUT2D eigenvalue weighted by Crippen LogP contribution is -2.26. The number of hydrogen-bond donors (Lipinski definition) is 0. The van der Waals surface area contributed by atoms with Crippen molar-refractivity contribution in [2.45, 2.75) is 58.3 Å². The summed E-state index contributed by atoms with van der Waals surface area (Å²) in [7, 11) is 0. The molecule has 2 atom stereocenters. The fourth-order valence-corrected chi connectivity index (χ4v) is 6.15. The summed E-state index contributed by atoms with van der Waals surface area (Å²) in [5, 5.41) is 0.609. The molecule has 5 nitrogen and oxygen atoms in total. The average Bonchev–Trinajstić information content (AvgIpc) is 3.50. The number of nitrogens with zero attached hydrogens (tertiary/aromatic N) is 2. The Bertz CT molecular complexity index is 1360. The molecule has 1 aromatic carbocycles. The predicted octanol–water partition coefficient (Wildman–Crippen LogP) is 4.87. The topological polar surface area (TPSA) is 53.4 Å². The molecule has 2 unspecified atom stereocenters. The number of fused-ring (bicyclic) bond motifs is 5. The van der Waals surface area contributed by atoms with Crippen molar-refractivity contribution in [3.8, 4) is 11.4 Å². The number of aromatic nitrogens is 2. The van der Waals surface area contributed by atoms with Gasteiger partial charge in [-0.2, -0.15) is 0 Å². The van der Waals surface area contributed by atoms with Crippen LogP contribution in [-0.4, -0.2) is 29.1 Å². The third-order valence-electron chi connectivity index (χ3n) is 7.54. The van der Waals surface area contributed by atoms with Gasteiger partial charge in [-0.3, -0.25) is 4.79 Å². The highest BCUT2D eigenvalue weighted by molar-refractivity contribution is 5.88. The third-order valence-corrected chi connectivity index (χ3v) is 7.54. The molecule has 1 fully saturated rings. The zero-order valence-corrected chi connectivity index (χ0v) is 19.0. The second kappa shape index (κ2) is 7.43. The fraction of sp³-hybridized carbons (Fsp3) is 0.462. The van der Waals surface area contributed by atoms with Gasteiger partial charge >= 0.3 is 0 Å². The number of ether oxygens (including phenoxy) is 2. The maximum atomic E-state index is 14.1. The van der Waals surface area contributed by atoms with Crippen molar-refractivity contribution in [2.24, 2.45) is 5.92 Å². The highest BCUT2D eigenvalue weighted by Crippen LogP contribution is 2.46. The van der Waals surface area contributed by atoms with Crippen LogP contribution >= 0.6 is 0 Å². The Hall–Kier alpha value is -2.64. The minimum atomic E-state index is -0.917. The summed E-state index contributed by atoms with van der Waals surface area (Å²) >= 11 is 0. The van der Waals surface area contributed by atoms with Gasteiger partial charge in [-0.05, 0) is 47.9 Å². The first-order valence-corrected chi connectivity index (χ1v) is 11.7. The highest BCUT2D eigenvalue weighted by atomic mass is 19.2. The summed E-state index contributed by atoms with van der Waals surface area (Å²) in [6.07, 6.45) is 1.24. The van der Waals surface area contributed by atoms with Gasteiger partial charge in [-0.25, -0.2) is 13.8 Å². The molecule has 0 amide bonds. The Balaban J connectivity index is 1.56. The van der Waals surface area contributed by atoms with Crippen LogP contribution in [0.15, 0.2) is 23.0 Å². The van der Waals surface area contributed by atoms with E-state index >= 15 is 0 Å². The Kier molecular flexibility index (Phi) is 4.72. The summed E-state index contributed by atoms with van der Waals surface area (Å²) in [6.45, 7) is 7.75. The molecule has 3 aromatic rings. The van der Waals surface area contributed by atoms with Crippen LogP contribution in [0.25, 0.3) is 22.3 Å². The van der Waals surface area contributed by atoms with Gasteiger partial charge in [-0.15, -0.1) is 0 Å². The summed E-state index contributed by atoms with van der Waals surface area (Å²) in [5.41, 5.74) is 5.59. The first-order chi connectivity index (χ1) is 15.9. The van der Waals surface area contributed by atoms with Gasteiger partial charge in [0.1, 0.15) is 0 Å². The standard InChI is InChI=1S/C26H26F2N2O3/c1-4-13-14-9-22-24-18(23(12(2)3)17-8-19(27)20(28)10-21(17)29-24)11-30(22)25(31)15(14)7-16(13)26-32-5-6-33-26/h8-10,12-13,16,26H,4-7,11H2,1-3H3. The number of rotatable bonds is 3. The molecule has 33 heavy (non-hydrogen) atoms. The van der Waals surface area contributed by atoms with E-state index in [1.807, 2.05) is 13.8 Å². The van der Waals surface area contributed by atoms with Crippen LogP contribution in [0.4, 0.5) is 8.78 Å². The Labute approximate surface area is 190 Å². The largest absolute Gasteiger partial charge is 0.350 e. The maximum absolute atomic E-state index is 14.1. The summed E-state index contributed by atoms with van der Waals surface area (Å²) in [4.78, 5) is 18.4. The monoisotopic (exact) mass is 452 g/mol. The Morgan fingerprint density at radius 1 is 1.12 bits per heavy atom. The first-order valence-electron chi connectivity index (χ1n) is 11.7. The fourth-order valence-electron chi connectivity index (χ4n) is 6.15. The van der Waals surface area contributed by atoms with E-state index < -0.39 is 11.6 Å². The lowest BCUT2D eigenvalue weighted by atomic mass is 9.89. The molecule has 7 heteroatoms. The molecule has 0 radical (unpaired) electrons. The van der Waals surface area contributed by atoms with Crippen molar-refractivity contribution in [3.63, 3.8) is 0 Å². The number of hydrogen-bond acceptors (Lipinski definition) is 4. The van der Waals surface area contributed by atoms with Crippen molar-refractivity contribution in [1.29, 1.82) is 0 Å². The molecule has 0 bridgehead atoms. The van der Waals surface area contributed by atoms with Crippen LogP contribution in [-0.2, 0) is 22.4 Å². The number of halogens is 2. The lowest BCUT2D eigenvalue weighted by Gasteiger charge is -2.23. The van der Waals surface area contributed by atoms with Crippen LogP contribution in [0.3, 0.4) is 0 Å². The van der Waals surface area contributed by atoms with Gasteiger partial charge in [0.2, 0.25) is 0 Å². The molecule has 3 aliphatic rings. The van der Waals surface area contributed by atoms with Crippen molar-refractivity contribution < 1.29 is 18.3 Å². The molecule has 2 aromatic heterocycles. The molecule has 0 N–H and O–H groups in total. The summed E-state index contributed by atoms with van der Waals surface area (Å²) in [5.74, 6) is -1.45. The molecule has 1 saturated heterocycles. The van der Waals surface area contributed by atoms with Gasteiger partial charge in [0, 0.05) is 28.5 Å². The van der Waals surface area contributed by atoms with Crippen molar-refractivity contribution >= 4 is 10.9 Å². The SMILES string of the molecule is CCC1c2cc3n(c(=O)c2CC1C1OCCO1)Cc1c-3nc2cc(F)c(F)cc2c1C(C)C. The lowest BCUT2D eigenvalue weighted by molar-refractivity contribution is -0.0876. The van der Waals surface area contributed by atoms with Crippen LogP contribution in [0.5, 0.6) is 0 Å². The smallest absolute Gasteiger partial charge is 0.254 e. The predicted molar refractivity (Wildman–Crippen MR) is 120 cm³/mol. The second-order valence-electron chi connectivity index (χ2n) is 9.64. The van der Waals surface area contributed by atoms with Crippen molar-refractivity contribution in [1.82, 2.24) is 9.55 Å². The van der Waals surface area contributed by atoms with Crippen LogP contribution in [0, 0.1) is 17.6 Å². The van der Waals surface area contributed by atoms with Gasteiger partial charge < -0.3 is 14.0 Å². The van der Waals surface area contributed by atoms with Gasteiger partial charge in [0.05, 0.1) is 36.7 Å². The van der Waals surface area contributed by atoms with E-state index in [1.54, 1.807) is 4.57 Å². The Morgan fingerprint density at radius 2 is 1.85 bits per heavy atom. The molecule has 4 heterocycles. The molecule has 172 valence electrons. The second-order valence-corrected chi connectivity index (χ2v) is 9.64. The van der Waals surface area contributed by atoms with E-state index in [0.29, 0.717) is 42.8 Å². The first kappa shape index (κ1) is 20.9. The normalized spacial score (nSPS) is 21.8. The van der Waals surface area contributed by atoms with Crippen LogP contribution < -0.4 is 5.56 Å². The van der Waals surface area contributed by atoms with E-state index in [0.717, 1.165) is 40.4 Å². The molecule has 1 aliphatic carbocycles. The zero-order chi connectivity index (χ0) is 23.0. The molecule has 0 spiro atoms. The molecular formula is C26H26F2N2O3. The molecule has 6 rings (SSSR count). The maximum Gasteiger partial charge on any atom is 0.254 e. The van der Waals surface area contributed by atoms with E-state index in [1.165, 1.54) is 6.07 Å². The quantitative estimate of drug-likeness (QED) is 0.445. The minimum absolute atomic E-state index is 0.00410. The Morgan fingerprint density at radius 3 is 2.55 bits per heavy atom. The highest BCUT2D eigenvalue weighted by Gasteiger charge is 2.42. The molecule has 2 aliphatic heterocycles. The summed E-state index contributed by atoms with van der Waals surface area (Å²) in [6, 6.07) is 4.48. The summed E-state index contributed by atoms with van der Waals surface area (Å²) < 4.78 is 41.5. The van der Waals surface area contributed by atoms with Gasteiger partial charge in [0.15, 0.2) is 17.9 Å².